The zero-order valence-corrected chi connectivity index (χ0v) is 18.2. The van der Waals surface area contributed by atoms with E-state index in [-0.39, 0.29) is 16.6 Å². The van der Waals surface area contributed by atoms with Gasteiger partial charge >= 0.3 is 6.09 Å². The predicted octanol–water partition coefficient (Wildman–Crippen LogP) is 4.46. The van der Waals surface area contributed by atoms with Crippen molar-refractivity contribution in [3.05, 3.63) is 94.2 Å². The predicted molar refractivity (Wildman–Crippen MR) is 125 cm³/mol. The summed E-state index contributed by atoms with van der Waals surface area (Å²) < 4.78 is 4.53. The summed E-state index contributed by atoms with van der Waals surface area (Å²) in [4.78, 5) is 24.6. The van der Waals surface area contributed by atoms with Crippen molar-refractivity contribution in [2.75, 3.05) is 7.11 Å². The number of thiocarbonyl (C=S) groups is 1. The van der Waals surface area contributed by atoms with Gasteiger partial charge in [-0.2, -0.15) is 0 Å². The van der Waals surface area contributed by atoms with Crippen LogP contribution in [0, 0.1) is 11.3 Å². The van der Waals surface area contributed by atoms with Gasteiger partial charge in [-0.05, 0) is 36.3 Å². The number of hydrogen-bond acceptors (Lipinski definition) is 5. The van der Waals surface area contributed by atoms with E-state index in [0.29, 0.717) is 28.3 Å². The third kappa shape index (κ3) is 5.45. The first kappa shape index (κ1) is 22.4. The van der Waals surface area contributed by atoms with Crippen molar-refractivity contribution in [3.63, 3.8) is 0 Å². The second kappa shape index (κ2) is 10.1. The molecule has 31 heavy (non-hydrogen) atoms. The summed E-state index contributed by atoms with van der Waals surface area (Å²) >= 11 is 11.4. The highest BCUT2D eigenvalue weighted by Crippen LogP contribution is 2.30. The second-order valence-corrected chi connectivity index (χ2v) is 7.55. The number of amides is 1. The molecule has 0 saturated heterocycles. The molecule has 2 aromatic carbocycles. The molecule has 3 N–H and O–H groups in total. The first-order valence-electron chi connectivity index (χ1n) is 9.40. The third-order valence-corrected chi connectivity index (χ3v) is 5.35. The highest BCUT2D eigenvalue weighted by atomic mass is 35.5. The molecular formula is C23H20ClN3O3S. The lowest BCUT2D eigenvalue weighted by molar-refractivity contribution is 0.102. The Bertz CT molecular complexity index is 1100. The molecule has 3 rings (SSSR count). The molecule has 1 atom stereocenters. The highest BCUT2D eigenvalue weighted by Gasteiger charge is 2.31. The summed E-state index contributed by atoms with van der Waals surface area (Å²) in [5.41, 5.74) is 2.38. The van der Waals surface area contributed by atoms with E-state index in [0.717, 1.165) is 5.56 Å². The molecule has 0 saturated carbocycles. The molecule has 1 aliphatic carbocycles. The van der Waals surface area contributed by atoms with Gasteiger partial charge in [0.15, 0.2) is 10.9 Å². The van der Waals surface area contributed by atoms with Gasteiger partial charge in [-0.1, -0.05) is 66.2 Å². The maximum atomic E-state index is 13.2. The number of hydrogen-bond donors (Lipinski definition) is 3. The molecule has 0 fully saturated rings. The molecule has 1 aliphatic rings. The van der Waals surface area contributed by atoms with E-state index >= 15 is 0 Å². The number of carbonyl (C=O) groups is 2. The summed E-state index contributed by atoms with van der Waals surface area (Å²) in [6.07, 6.45) is 2.92. The highest BCUT2D eigenvalue weighted by molar-refractivity contribution is 7.80. The Kier molecular flexibility index (Phi) is 7.33. The van der Waals surface area contributed by atoms with Gasteiger partial charge in [0.2, 0.25) is 0 Å². The van der Waals surface area contributed by atoms with E-state index in [4.69, 9.17) is 29.2 Å². The third-order valence-electron chi connectivity index (χ3n) is 4.77. The van der Waals surface area contributed by atoms with Crippen molar-refractivity contribution in [1.82, 2.24) is 10.6 Å². The van der Waals surface area contributed by atoms with E-state index in [1.54, 1.807) is 42.5 Å². The standard InChI is InChI=1S/C23H20ClN3O3S/c1-30-23(29)27-22(31)26-19-12-11-16(21(28)14-7-3-2-4-8-14)17(20(19)25)13-15-9-5-6-10-18(15)24/h2-12,17,25H,13H2,1H3,(H2,26,27,29,31). The normalized spacial score (nSPS) is 15.4. The number of carbonyl (C=O) groups excluding carboxylic acids is 2. The van der Waals surface area contributed by atoms with Crippen LogP contribution in [0.3, 0.4) is 0 Å². The molecule has 1 unspecified atom stereocenters. The molecule has 2 aromatic rings. The summed E-state index contributed by atoms with van der Waals surface area (Å²) in [6, 6.07) is 16.2. The number of allylic oxidation sites excluding steroid dienone is 4. The fourth-order valence-electron chi connectivity index (χ4n) is 3.21. The number of rotatable bonds is 5. The maximum Gasteiger partial charge on any atom is 0.413 e. The largest absolute Gasteiger partial charge is 0.453 e. The number of nitrogens with one attached hydrogen (secondary N) is 3. The van der Waals surface area contributed by atoms with Crippen LogP contribution in [0.1, 0.15) is 15.9 Å². The van der Waals surface area contributed by atoms with Gasteiger partial charge in [-0.15, -0.1) is 0 Å². The Labute approximate surface area is 190 Å². The van der Waals surface area contributed by atoms with Crippen LogP contribution in [0.4, 0.5) is 4.79 Å². The van der Waals surface area contributed by atoms with Gasteiger partial charge in [0.25, 0.3) is 0 Å². The van der Waals surface area contributed by atoms with Crippen LogP contribution < -0.4 is 10.6 Å². The van der Waals surface area contributed by atoms with Gasteiger partial charge in [-0.3, -0.25) is 10.1 Å². The average molecular weight is 454 g/mol. The first-order valence-corrected chi connectivity index (χ1v) is 10.2. The van der Waals surface area contributed by atoms with Crippen LogP contribution in [-0.2, 0) is 11.2 Å². The van der Waals surface area contributed by atoms with Crippen LogP contribution in [0.5, 0.6) is 0 Å². The molecule has 0 radical (unpaired) electrons. The van der Waals surface area contributed by atoms with Crippen molar-refractivity contribution in [3.8, 4) is 0 Å². The molecule has 8 heteroatoms. The molecular weight excluding hydrogens is 434 g/mol. The number of benzene rings is 2. The van der Waals surface area contributed by atoms with E-state index in [1.165, 1.54) is 7.11 Å². The fourth-order valence-corrected chi connectivity index (χ4v) is 3.62. The lowest BCUT2D eigenvalue weighted by Gasteiger charge is -2.27. The summed E-state index contributed by atoms with van der Waals surface area (Å²) in [5, 5.41) is 14.5. The molecule has 158 valence electrons. The Morgan fingerprint density at radius 3 is 2.45 bits per heavy atom. The van der Waals surface area contributed by atoms with E-state index < -0.39 is 12.0 Å². The van der Waals surface area contributed by atoms with Crippen LogP contribution in [0.15, 0.2) is 78.0 Å². The van der Waals surface area contributed by atoms with Gasteiger partial charge in [0.05, 0.1) is 18.5 Å². The van der Waals surface area contributed by atoms with Gasteiger partial charge in [0.1, 0.15) is 0 Å². The minimum absolute atomic E-state index is 0.00872. The minimum Gasteiger partial charge on any atom is -0.453 e. The van der Waals surface area contributed by atoms with E-state index in [1.807, 2.05) is 24.3 Å². The molecule has 1 amide bonds. The lowest BCUT2D eigenvalue weighted by Crippen LogP contribution is -2.42. The molecule has 0 bridgehead atoms. The van der Waals surface area contributed by atoms with Gasteiger partial charge in [-0.25, -0.2) is 4.79 Å². The zero-order valence-electron chi connectivity index (χ0n) is 16.6. The Hall–Kier alpha value is -3.29. The molecule has 0 aliphatic heterocycles. The Morgan fingerprint density at radius 1 is 1.10 bits per heavy atom. The van der Waals surface area contributed by atoms with E-state index in [9.17, 15) is 9.59 Å². The lowest BCUT2D eigenvalue weighted by atomic mass is 9.80. The number of methoxy groups -OCH3 is 1. The van der Waals surface area contributed by atoms with E-state index in [2.05, 4.69) is 15.4 Å². The maximum absolute atomic E-state index is 13.2. The van der Waals surface area contributed by atoms with Crippen molar-refractivity contribution in [1.29, 1.82) is 5.41 Å². The summed E-state index contributed by atoms with van der Waals surface area (Å²) in [5.74, 6) is -0.714. The van der Waals surface area contributed by atoms with Crippen molar-refractivity contribution < 1.29 is 14.3 Å². The Balaban J connectivity index is 1.93. The smallest absolute Gasteiger partial charge is 0.413 e. The summed E-state index contributed by atoms with van der Waals surface area (Å²) in [6.45, 7) is 0. The number of Topliss-reactive ketones (excluding diaryl/α,β-unsaturated/α-hetero) is 1. The minimum atomic E-state index is -0.719. The van der Waals surface area contributed by atoms with Crippen molar-refractivity contribution in [2.24, 2.45) is 5.92 Å². The molecule has 0 spiro atoms. The van der Waals surface area contributed by atoms with Crippen LogP contribution in [0.2, 0.25) is 5.02 Å². The topological polar surface area (TPSA) is 91.3 Å². The number of alkyl carbamates (subject to hydrolysis) is 1. The molecule has 0 aromatic heterocycles. The summed E-state index contributed by atoms with van der Waals surface area (Å²) in [7, 11) is 1.23. The molecule has 0 heterocycles. The Morgan fingerprint density at radius 2 is 1.77 bits per heavy atom. The van der Waals surface area contributed by atoms with Crippen molar-refractivity contribution in [2.45, 2.75) is 6.42 Å². The van der Waals surface area contributed by atoms with Crippen LogP contribution in [-0.4, -0.2) is 29.8 Å². The zero-order chi connectivity index (χ0) is 22.4. The van der Waals surface area contributed by atoms with Crippen LogP contribution >= 0.6 is 23.8 Å². The quantitative estimate of drug-likeness (QED) is 0.459. The monoisotopic (exact) mass is 453 g/mol. The van der Waals surface area contributed by atoms with Crippen LogP contribution in [0.25, 0.3) is 0 Å². The SMILES string of the molecule is COC(=O)NC(=S)NC1=CC=C(C(=O)c2ccccc2)C(Cc2ccccc2Cl)C1=N. The molecule has 6 nitrogen and oxygen atoms in total. The van der Waals surface area contributed by atoms with Crippen molar-refractivity contribution >= 4 is 46.5 Å². The second-order valence-electron chi connectivity index (χ2n) is 6.73. The number of ether oxygens (including phenoxy) is 1. The average Bonchev–Trinajstić information content (AvgIpc) is 2.78. The number of halogens is 1. The van der Waals surface area contributed by atoms with Gasteiger partial charge < -0.3 is 15.5 Å². The number of ketones is 1. The first-order chi connectivity index (χ1) is 14.9. The van der Waals surface area contributed by atoms with Gasteiger partial charge in [0, 0.05) is 22.1 Å². The fraction of sp³-hybridized carbons (Fsp3) is 0.130.